The molecule has 7 heteroatoms. The zero-order chi connectivity index (χ0) is 22.7. The average Bonchev–Trinajstić information content (AvgIpc) is 2.78. The molecular formula is C25H24N6O. The summed E-state index contributed by atoms with van der Waals surface area (Å²) in [6.07, 6.45) is 1.54. The van der Waals surface area contributed by atoms with Crippen molar-refractivity contribution < 1.29 is 4.79 Å². The second kappa shape index (κ2) is 8.69. The summed E-state index contributed by atoms with van der Waals surface area (Å²) in [5.41, 5.74) is 24.0. The first-order chi connectivity index (χ1) is 15.4. The number of nitrogens with two attached hydrogens (primary N) is 3. The van der Waals surface area contributed by atoms with Crippen LogP contribution in [0.15, 0.2) is 101 Å². The van der Waals surface area contributed by atoms with Crippen LogP contribution >= 0.6 is 0 Å². The lowest BCUT2D eigenvalue weighted by atomic mass is 9.96. The Balaban J connectivity index is 1.74. The molecule has 8 N–H and O–H groups in total. The van der Waals surface area contributed by atoms with Gasteiger partial charge in [0.2, 0.25) is 5.78 Å². The molecule has 3 aromatic carbocycles. The summed E-state index contributed by atoms with van der Waals surface area (Å²) in [6.45, 7) is 1.87. The van der Waals surface area contributed by atoms with Gasteiger partial charge in [-0.25, -0.2) is 4.99 Å². The van der Waals surface area contributed by atoms with Crippen molar-refractivity contribution in [1.29, 1.82) is 0 Å². The van der Waals surface area contributed by atoms with Crippen molar-refractivity contribution in [1.82, 2.24) is 0 Å². The van der Waals surface area contributed by atoms with Crippen LogP contribution in [0.2, 0.25) is 0 Å². The highest BCUT2D eigenvalue weighted by molar-refractivity contribution is 6.26. The second-order valence-corrected chi connectivity index (χ2v) is 7.47. The van der Waals surface area contributed by atoms with E-state index in [0.717, 1.165) is 17.1 Å². The van der Waals surface area contributed by atoms with Crippen molar-refractivity contribution in [2.45, 2.75) is 6.92 Å². The number of rotatable bonds is 5. The van der Waals surface area contributed by atoms with E-state index in [-0.39, 0.29) is 5.78 Å². The lowest BCUT2D eigenvalue weighted by molar-refractivity contribution is -0.111. The van der Waals surface area contributed by atoms with E-state index in [4.69, 9.17) is 22.2 Å². The van der Waals surface area contributed by atoms with Gasteiger partial charge in [0.25, 0.3) is 0 Å². The summed E-state index contributed by atoms with van der Waals surface area (Å²) in [5, 5.41) is 6.50. The van der Waals surface area contributed by atoms with E-state index >= 15 is 0 Å². The zero-order valence-corrected chi connectivity index (χ0v) is 17.6. The van der Waals surface area contributed by atoms with Crippen molar-refractivity contribution >= 4 is 45.6 Å². The largest absolute Gasteiger partial charge is 0.399 e. The molecule has 1 aliphatic carbocycles. The third kappa shape index (κ3) is 4.62. The molecule has 0 spiro atoms. The van der Waals surface area contributed by atoms with Gasteiger partial charge >= 0.3 is 0 Å². The van der Waals surface area contributed by atoms with Crippen LogP contribution in [0.4, 0.5) is 34.1 Å². The Bertz CT molecular complexity index is 1240. The standard InChI is InChI=1S/C25H24N6O/c1-15-24(30-20-10-4-17(27)5-11-20)22(29-19-8-2-16(26)3-9-19)14-23(32)25(15)31-21-12-6-18(28)7-13-21/h2-14,29,31H,26-28H2,1H3/b30-24-. The number of ketones is 1. The van der Waals surface area contributed by atoms with Crippen molar-refractivity contribution in [3.05, 3.63) is 95.8 Å². The second-order valence-electron chi connectivity index (χ2n) is 7.47. The van der Waals surface area contributed by atoms with Crippen LogP contribution in [0.5, 0.6) is 0 Å². The van der Waals surface area contributed by atoms with Gasteiger partial charge in [0.15, 0.2) is 0 Å². The third-order valence-electron chi connectivity index (χ3n) is 5.01. The van der Waals surface area contributed by atoms with Crippen LogP contribution in [0.25, 0.3) is 0 Å². The highest BCUT2D eigenvalue weighted by Gasteiger charge is 2.25. The van der Waals surface area contributed by atoms with Gasteiger partial charge in [-0.3, -0.25) is 4.79 Å². The molecule has 0 aliphatic heterocycles. The van der Waals surface area contributed by atoms with E-state index in [1.54, 1.807) is 42.5 Å². The first-order valence-corrected chi connectivity index (χ1v) is 10.1. The Labute approximate surface area is 186 Å². The topological polar surface area (TPSA) is 132 Å². The molecule has 0 saturated carbocycles. The number of carbonyl (C=O) groups is 1. The molecule has 0 atom stereocenters. The lowest BCUT2D eigenvalue weighted by Crippen LogP contribution is -2.25. The fourth-order valence-electron chi connectivity index (χ4n) is 3.28. The van der Waals surface area contributed by atoms with Gasteiger partial charge < -0.3 is 27.8 Å². The normalized spacial score (nSPS) is 15.0. The van der Waals surface area contributed by atoms with Crippen molar-refractivity contribution in [2.75, 3.05) is 27.8 Å². The summed E-state index contributed by atoms with van der Waals surface area (Å²) in [6, 6.07) is 21.7. The Morgan fingerprint density at radius 1 is 0.688 bits per heavy atom. The number of aliphatic imine (C=N–C) groups is 1. The number of hydrogen-bond donors (Lipinski definition) is 5. The first kappa shape index (κ1) is 20.7. The summed E-state index contributed by atoms with van der Waals surface area (Å²) >= 11 is 0. The summed E-state index contributed by atoms with van der Waals surface area (Å²) < 4.78 is 0. The molecule has 4 rings (SSSR count). The van der Waals surface area contributed by atoms with E-state index < -0.39 is 0 Å². The van der Waals surface area contributed by atoms with E-state index in [1.807, 2.05) is 43.3 Å². The summed E-state index contributed by atoms with van der Waals surface area (Å²) in [7, 11) is 0. The number of nitrogens with zero attached hydrogens (tertiary/aromatic N) is 1. The molecule has 160 valence electrons. The highest BCUT2D eigenvalue weighted by atomic mass is 16.1. The van der Waals surface area contributed by atoms with Gasteiger partial charge in [-0.05, 0) is 79.7 Å². The number of anilines is 5. The number of nitrogen functional groups attached to an aromatic ring is 3. The molecule has 3 aromatic rings. The van der Waals surface area contributed by atoms with Gasteiger partial charge in [0, 0.05) is 40.1 Å². The zero-order valence-electron chi connectivity index (χ0n) is 17.6. The molecule has 0 heterocycles. The van der Waals surface area contributed by atoms with E-state index in [0.29, 0.717) is 39.7 Å². The van der Waals surface area contributed by atoms with Gasteiger partial charge in [-0.1, -0.05) is 0 Å². The fraction of sp³-hybridized carbons (Fsp3) is 0.0400. The van der Waals surface area contributed by atoms with Gasteiger partial charge in [0.05, 0.1) is 22.8 Å². The third-order valence-corrected chi connectivity index (χ3v) is 5.01. The molecule has 0 fully saturated rings. The Morgan fingerprint density at radius 2 is 1.16 bits per heavy atom. The van der Waals surface area contributed by atoms with Crippen molar-refractivity contribution in [3.8, 4) is 0 Å². The molecule has 32 heavy (non-hydrogen) atoms. The van der Waals surface area contributed by atoms with Crippen LogP contribution in [-0.2, 0) is 4.79 Å². The average molecular weight is 425 g/mol. The highest BCUT2D eigenvalue weighted by Crippen LogP contribution is 2.27. The number of benzene rings is 3. The quantitative estimate of drug-likeness (QED) is 0.303. The Hall–Kier alpha value is -4.52. The maximum absolute atomic E-state index is 13.0. The number of carbonyl (C=O) groups excluding carboxylic acids is 1. The van der Waals surface area contributed by atoms with Crippen LogP contribution in [0.3, 0.4) is 0 Å². The van der Waals surface area contributed by atoms with Crippen LogP contribution in [0, 0.1) is 0 Å². The van der Waals surface area contributed by atoms with E-state index in [2.05, 4.69) is 10.6 Å². The van der Waals surface area contributed by atoms with E-state index in [9.17, 15) is 4.79 Å². The van der Waals surface area contributed by atoms with Crippen LogP contribution < -0.4 is 27.8 Å². The molecule has 0 bridgehead atoms. The van der Waals surface area contributed by atoms with Gasteiger partial charge in [-0.15, -0.1) is 0 Å². The monoisotopic (exact) mass is 424 g/mol. The molecule has 0 radical (unpaired) electrons. The van der Waals surface area contributed by atoms with E-state index in [1.165, 1.54) is 0 Å². The smallest absolute Gasteiger partial charge is 0.204 e. The molecular weight excluding hydrogens is 400 g/mol. The predicted molar refractivity (Wildman–Crippen MR) is 133 cm³/mol. The number of nitrogens with one attached hydrogen (secondary N) is 2. The summed E-state index contributed by atoms with van der Waals surface area (Å²) in [5.74, 6) is -0.159. The molecule has 0 unspecified atom stereocenters. The maximum atomic E-state index is 13.0. The molecule has 0 saturated heterocycles. The maximum Gasteiger partial charge on any atom is 0.204 e. The molecule has 1 aliphatic rings. The van der Waals surface area contributed by atoms with Crippen LogP contribution in [0.1, 0.15) is 6.92 Å². The Morgan fingerprint density at radius 3 is 1.69 bits per heavy atom. The molecule has 7 nitrogen and oxygen atoms in total. The Kier molecular flexibility index (Phi) is 5.63. The summed E-state index contributed by atoms with van der Waals surface area (Å²) in [4.78, 5) is 17.8. The van der Waals surface area contributed by atoms with Gasteiger partial charge in [0.1, 0.15) is 0 Å². The van der Waals surface area contributed by atoms with Crippen molar-refractivity contribution in [2.24, 2.45) is 4.99 Å². The SMILES string of the molecule is CC1=C(Nc2ccc(N)cc2)C(=O)C=C(Nc2ccc(N)cc2)/C1=N\c1ccc(N)cc1. The minimum absolute atomic E-state index is 0.159. The van der Waals surface area contributed by atoms with Crippen molar-refractivity contribution in [3.63, 3.8) is 0 Å². The minimum Gasteiger partial charge on any atom is -0.399 e. The number of allylic oxidation sites excluding steroid dienone is 2. The first-order valence-electron chi connectivity index (χ1n) is 10.1. The minimum atomic E-state index is -0.159. The molecule has 0 amide bonds. The van der Waals surface area contributed by atoms with Crippen LogP contribution in [-0.4, -0.2) is 11.5 Å². The lowest BCUT2D eigenvalue weighted by Gasteiger charge is -2.22. The van der Waals surface area contributed by atoms with Gasteiger partial charge in [-0.2, -0.15) is 0 Å². The fourth-order valence-corrected chi connectivity index (χ4v) is 3.28. The molecule has 0 aromatic heterocycles. The predicted octanol–water partition coefficient (Wildman–Crippen LogP) is 4.47. The number of hydrogen-bond acceptors (Lipinski definition) is 7.